The number of morpholine rings is 1. The number of hydrogen-bond acceptors (Lipinski definition) is 5. The van der Waals surface area contributed by atoms with Gasteiger partial charge in [0.15, 0.2) is 11.5 Å². The zero-order valence-electron chi connectivity index (χ0n) is 15.1. The van der Waals surface area contributed by atoms with Crippen molar-refractivity contribution in [2.75, 3.05) is 33.4 Å². The van der Waals surface area contributed by atoms with E-state index in [9.17, 15) is 5.11 Å². The average molecular weight is 335 g/mol. The number of nitrogens with zero attached hydrogens (tertiary/aromatic N) is 1. The number of β-amino-alcohol motifs (C(OH)–C–C–N with tert-alkyl or cyclic N) is 1. The van der Waals surface area contributed by atoms with Crippen LogP contribution in [0.5, 0.6) is 11.5 Å². The van der Waals surface area contributed by atoms with Crippen molar-refractivity contribution in [1.82, 2.24) is 4.90 Å². The Morgan fingerprint density at radius 2 is 2.00 bits per heavy atom. The molecule has 3 unspecified atom stereocenters. The predicted octanol–water partition coefficient (Wildman–Crippen LogP) is 2.58. The zero-order valence-corrected chi connectivity index (χ0v) is 15.1. The highest BCUT2D eigenvalue weighted by atomic mass is 16.5. The summed E-state index contributed by atoms with van der Waals surface area (Å²) < 4.78 is 16.8. The minimum atomic E-state index is -0.553. The van der Waals surface area contributed by atoms with E-state index in [-0.39, 0.29) is 18.8 Å². The summed E-state index contributed by atoms with van der Waals surface area (Å²) in [5.74, 6) is 1.32. The summed E-state index contributed by atoms with van der Waals surface area (Å²) in [6.07, 6.45) is 3.82. The summed E-state index contributed by atoms with van der Waals surface area (Å²) in [7, 11) is 1.62. The largest absolute Gasteiger partial charge is 0.493 e. The Morgan fingerprint density at radius 1 is 1.29 bits per heavy atom. The van der Waals surface area contributed by atoms with Crippen molar-refractivity contribution in [3.8, 4) is 11.5 Å². The maximum atomic E-state index is 10.3. The van der Waals surface area contributed by atoms with Gasteiger partial charge < -0.3 is 19.3 Å². The molecule has 0 aromatic heterocycles. The third-order valence-corrected chi connectivity index (χ3v) is 3.94. The molecule has 0 saturated carbocycles. The Hall–Kier alpha value is -1.56. The third kappa shape index (κ3) is 5.51. The highest BCUT2D eigenvalue weighted by Gasteiger charge is 2.24. The van der Waals surface area contributed by atoms with E-state index in [4.69, 9.17) is 14.2 Å². The number of rotatable bonds is 7. The number of methoxy groups -OCH3 is 1. The minimum Gasteiger partial charge on any atom is -0.493 e. The van der Waals surface area contributed by atoms with E-state index >= 15 is 0 Å². The lowest BCUT2D eigenvalue weighted by molar-refractivity contribution is -0.0787. The van der Waals surface area contributed by atoms with Gasteiger partial charge in [0.2, 0.25) is 0 Å². The highest BCUT2D eigenvalue weighted by molar-refractivity contribution is 5.55. The molecule has 1 fully saturated rings. The van der Waals surface area contributed by atoms with E-state index in [1.807, 2.05) is 37.3 Å². The molecule has 1 N–H and O–H groups in total. The summed E-state index contributed by atoms with van der Waals surface area (Å²) in [6, 6.07) is 5.77. The van der Waals surface area contributed by atoms with Crippen LogP contribution in [0.3, 0.4) is 0 Å². The van der Waals surface area contributed by atoms with E-state index in [0.717, 1.165) is 18.7 Å². The van der Waals surface area contributed by atoms with E-state index in [1.165, 1.54) is 0 Å². The lowest BCUT2D eigenvalue weighted by Crippen LogP contribution is -2.48. The smallest absolute Gasteiger partial charge is 0.161 e. The average Bonchev–Trinajstić information content (AvgIpc) is 2.52. The number of allylic oxidation sites excluding steroid dienone is 1. The summed E-state index contributed by atoms with van der Waals surface area (Å²) in [5, 5.41) is 10.3. The molecule has 1 aromatic rings. The second-order valence-electron chi connectivity index (χ2n) is 6.35. The van der Waals surface area contributed by atoms with Crippen molar-refractivity contribution in [3.05, 3.63) is 29.8 Å². The van der Waals surface area contributed by atoms with Crippen molar-refractivity contribution in [3.63, 3.8) is 0 Å². The fraction of sp³-hybridized carbons (Fsp3) is 0.579. The van der Waals surface area contributed by atoms with Crippen LogP contribution in [0.4, 0.5) is 0 Å². The fourth-order valence-electron chi connectivity index (χ4n) is 3.07. The first-order valence-corrected chi connectivity index (χ1v) is 8.51. The molecule has 1 heterocycles. The summed E-state index contributed by atoms with van der Waals surface area (Å²) in [6.45, 7) is 8.58. The number of hydrogen-bond donors (Lipinski definition) is 1. The number of aliphatic hydroxyl groups excluding tert-OH is 1. The Morgan fingerprint density at radius 3 is 2.62 bits per heavy atom. The normalized spacial score (nSPS) is 23.4. The van der Waals surface area contributed by atoms with Crippen molar-refractivity contribution in [1.29, 1.82) is 0 Å². The van der Waals surface area contributed by atoms with Gasteiger partial charge in [-0.15, -0.1) is 0 Å². The van der Waals surface area contributed by atoms with Gasteiger partial charge in [-0.1, -0.05) is 18.2 Å². The maximum absolute atomic E-state index is 10.3. The lowest BCUT2D eigenvalue weighted by Gasteiger charge is -2.36. The number of benzene rings is 1. The minimum absolute atomic E-state index is 0.195. The second-order valence-corrected chi connectivity index (χ2v) is 6.35. The van der Waals surface area contributed by atoms with Crippen LogP contribution < -0.4 is 9.47 Å². The van der Waals surface area contributed by atoms with Crippen LogP contribution in [-0.2, 0) is 4.74 Å². The molecule has 0 radical (unpaired) electrons. The summed E-state index contributed by atoms with van der Waals surface area (Å²) in [4.78, 5) is 2.22. The van der Waals surface area contributed by atoms with Crippen molar-refractivity contribution in [2.45, 2.75) is 39.1 Å². The maximum Gasteiger partial charge on any atom is 0.161 e. The highest BCUT2D eigenvalue weighted by Crippen LogP contribution is 2.28. The van der Waals surface area contributed by atoms with Crippen LogP contribution in [0.25, 0.3) is 6.08 Å². The summed E-state index contributed by atoms with van der Waals surface area (Å²) in [5.41, 5.74) is 1.05. The molecule has 134 valence electrons. The molecular formula is C19H29NO4. The van der Waals surface area contributed by atoms with Crippen LogP contribution in [-0.4, -0.2) is 61.7 Å². The first-order valence-electron chi connectivity index (χ1n) is 8.51. The molecule has 1 aromatic carbocycles. The molecule has 0 aliphatic carbocycles. The van der Waals surface area contributed by atoms with Gasteiger partial charge in [0, 0.05) is 19.6 Å². The lowest BCUT2D eigenvalue weighted by atomic mass is 10.2. The molecule has 5 heteroatoms. The Bertz CT molecular complexity index is 536. The van der Waals surface area contributed by atoms with Crippen molar-refractivity contribution >= 4 is 6.08 Å². The van der Waals surface area contributed by atoms with E-state index in [1.54, 1.807) is 7.11 Å². The van der Waals surface area contributed by atoms with Gasteiger partial charge in [-0.25, -0.2) is 0 Å². The Kier molecular flexibility index (Phi) is 7.09. The van der Waals surface area contributed by atoms with E-state index in [0.29, 0.717) is 18.0 Å². The third-order valence-electron chi connectivity index (χ3n) is 3.94. The van der Waals surface area contributed by atoms with Gasteiger partial charge in [-0.3, -0.25) is 4.90 Å². The van der Waals surface area contributed by atoms with Crippen LogP contribution in [0.2, 0.25) is 0 Å². The van der Waals surface area contributed by atoms with Crippen molar-refractivity contribution in [2.24, 2.45) is 0 Å². The first-order chi connectivity index (χ1) is 11.5. The van der Waals surface area contributed by atoms with Gasteiger partial charge in [0.25, 0.3) is 0 Å². The van der Waals surface area contributed by atoms with Crippen LogP contribution >= 0.6 is 0 Å². The second kappa shape index (κ2) is 9.06. The Labute approximate surface area is 144 Å². The molecule has 0 spiro atoms. The standard InChI is InChI=1S/C19H29NO4/c1-5-6-16-7-8-18(19(9-16)22-4)23-13-17(21)12-20-10-14(2)24-15(3)11-20/h5-9,14-15,17,21H,10-13H2,1-4H3/b6-5+. The summed E-state index contributed by atoms with van der Waals surface area (Å²) >= 11 is 0. The SMILES string of the molecule is C/C=C/c1ccc(OCC(O)CN2CC(C)OC(C)C2)c(OC)c1. The molecule has 3 atom stereocenters. The van der Waals surface area contributed by atoms with E-state index < -0.39 is 6.10 Å². The first kappa shape index (κ1) is 18.8. The van der Waals surface area contributed by atoms with Gasteiger partial charge in [-0.05, 0) is 38.5 Å². The molecule has 1 saturated heterocycles. The quantitative estimate of drug-likeness (QED) is 0.830. The molecule has 1 aliphatic rings. The molecule has 0 amide bonds. The predicted molar refractivity (Wildman–Crippen MR) is 95.7 cm³/mol. The molecule has 0 bridgehead atoms. The van der Waals surface area contributed by atoms with Gasteiger partial charge in [-0.2, -0.15) is 0 Å². The van der Waals surface area contributed by atoms with Gasteiger partial charge in [0.1, 0.15) is 12.7 Å². The molecule has 24 heavy (non-hydrogen) atoms. The molecular weight excluding hydrogens is 306 g/mol. The fourth-order valence-corrected chi connectivity index (χ4v) is 3.07. The molecule has 1 aliphatic heterocycles. The topological polar surface area (TPSA) is 51.2 Å². The van der Waals surface area contributed by atoms with Crippen LogP contribution in [0, 0.1) is 0 Å². The molecule has 2 rings (SSSR count). The zero-order chi connectivity index (χ0) is 17.5. The van der Waals surface area contributed by atoms with Crippen LogP contribution in [0.15, 0.2) is 24.3 Å². The van der Waals surface area contributed by atoms with Gasteiger partial charge >= 0.3 is 0 Å². The monoisotopic (exact) mass is 335 g/mol. The molecule has 5 nitrogen and oxygen atoms in total. The number of aliphatic hydroxyl groups is 1. The van der Waals surface area contributed by atoms with Crippen molar-refractivity contribution < 1.29 is 19.3 Å². The van der Waals surface area contributed by atoms with Crippen LogP contribution in [0.1, 0.15) is 26.3 Å². The van der Waals surface area contributed by atoms with Gasteiger partial charge in [0.05, 0.1) is 19.3 Å². The van der Waals surface area contributed by atoms with E-state index in [2.05, 4.69) is 18.7 Å². The Balaban J connectivity index is 1.88. The number of ether oxygens (including phenoxy) is 3.